The summed E-state index contributed by atoms with van der Waals surface area (Å²) >= 11 is 0. The molecule has 0 aliphatic heterocycles. The van der Waals surface area contributed by atoms with E-state index in [0.29, 0.717) is 22.4 Å². The lowest BCUT2D eigenvalue weighted by Crippen LogP contribution is -2.28. The van der Waals surface area contributed by atoms with Crippen molar-refractivity contribution in [2.24, 2.45) is 5.73 Å². The number of anilines is 1. The summed E-state index contributed by atoms with van der Waals surface area (Å²) in [5, 5.41) is 10.1. The van der Waals surface area contributed by atoms with Gasteiger partial charge in [-0.2, -0.15) is 0 Å². The lowest BCUT2D eigenvalue weighted by atomic mass is 10.0. The van der Waals surface area contributed by atoms with Gasteiger partial charge in [-0.3, -0.25) is 19.1 Å². The number of carbonyl (C=O) groups excluding carboxylic acids is 1. The van der Waals surface area contributed by atoms with Gasteiger partial charge in [0, 0.05) is 23.0 Å². The van der Waals surface area contributed by atoms with E-state index in [9.17, 15) is 14.7 Å². The second kappa shape index (κ2) is 6.60. The van der Waals surface area contributed by atoms with Crippen molar-refractivity contribution in [2.75, 3.05) is 5.73 Å². The standard InChI is InChI=1S/C20H20N4O3/c1-10-4-7-16(25)12(3)17(10)24-18(21)15(19(22)26)8-14(20(24)27)13-6-5-11(2)23-9-13/h4-9,25H,21H2,1-3H3,(H2,22,26). The third-order valence-electron chi connectivity index (χ3n) is 4.55. The van der Waals surface area contributed by atoms with E-state index in [4.69, 9.17) is 11.5 Å². The van der Waals surface area contributed by atoms with E-state index in [1.165, 1.54) is 16.7 Å². The lowest BCUT2D eigenvalue weighted by Gasteiger charge is -2.19. The molecule has 0 fully saturated rings. The molecule has 0 unspecified atom stereocenters. The predicted octanol–water partition coefficient (Wildman–Crippen LogP) is 2.21. The highest BCUT2D eigenvalue weighted by Crippen LogP contribution is 2.30. The van der Waals surface area contributed by atoms with Crippen molar-refractivity contribution in [3.05, 3.63) is 69.3 Å². The Bertz CT molecular complexity index is 1120. The first-order valence-electron chi connectivity index (χ1n) is 8.30. The van der Waals surface area contributed by atoms with Gasteiger partial charge in [0.1, 0.15) is 11.6 Å². The number of aryl methyl sites for hydroxylation is 2. The molecule has 0 bridgehead atoms. The fourth-order valence-corrected chi connectivity index (χ4v) is 3.05. The second-order valence-corrected chi connectivity index (χ2v) is 6.43. The van der Waals surface area contributed by atoms with Crippen LogP contribution in [-0.4, -0.2) is 20.6 Å². The summed E-state index contributed by atoms with van der Waals surface area (Å²) in [7, 11) is 0. The average Bonchev–Trinajstić information content (AvgIpc) is 2.62. The number of aromatic hydroxyl groups is 1. The van der Waals surface area contributed by atoms with Gasteiger partial charge in [-0.15, -0.1) is 0 Å². The molecule has 5 N–H and O–H groups in total. The third-order valence-corrected chi connectivity index (χ3v) is 4.55. The number of primary amides is 1. The van der Waals surface area contributed by atoms with Gasteiger partial charge < -0.3 is 16.6 Å². The van der Waals surface area contributed by atoms with E-state index in [-0.39, 0.29) is 22.7 Å². The Kier molecular flexibility index (Phi) is 4.45. The van der Waals surface area contributed by atoms with Gasteiger partial charge in [0.05, 0.1) is 16.8 Å². The Labute approximate surface area is 155 Å². The van der Waals surface area contributed by atoms with Crippen molar-refractivity contribution < 1.29 is 9.90 Å². The second-order valence-electron chi connectivity index (χ2n) is 6.43. The Morgan fingerprint density at radius 1 is 1.15 bits per heavy atom. The predicted molar refractivity (Wildman–Crippen MR) is 104 cm³/mol. The molecule has 0 saturated heterocycles. The van der Waals surface area contributed by atoms with Crippen molar-refractivity contribution >= 4 is 11.7 Å². The zero-order valence-electron chi connectivity index (χ0n) is 15.3. The summed E-state index contributed by atoms with van der Waals surface area (Å²) in [6.45, 7) is 5.30. The Balaban J connectivity index is 2.45. The smallest absolute Gasteiger partial charge is 0.264 e. The number of hydrogen-bond donors (Lipinski definition) is 3. The number of nitrogens with two attached hydrogens (primary N) is 2. The van der Waals surface area contributed by atoms with E-state index < -0.39 is 11.5 Å². The molecule has 7 nitrogen and oxygen atoms in total. The Morgan fingerprint density at radius 3 is 2.44 bits per heavy atom. The summed E-state index contributed by atoms with van der Waals surface area (Å²) < 4.78 is 1.22. The Hall–Kier alpha value is -3.61. The molecular weight excluding hydrogens is 344 g/mol. The minimum atomic E-state index is -0.752. The van der Waals surface area contributed by atoms with Gasteiger partial charge in [0.25, 0.3) is 11.5 Å². The number of nitrogens with zero attached hydrogens (tertiary/aromatic N) is 2. The van der Waals surface area contributed by atoms with Crippen LogP contribution in [0.5, 0.6) is 5.75 Å². The fraction of sp³-hybridized carbons (Fsp3) is 0.150. The monoisotopic (exact) mass is 364 g/mol. The molecule has 2 heterocycles. The number of nitrogen functional groups attached to an aromatic ring is 1. The summed E-state index contributed by atoms with van der Waals surface area (Å²) in [5.74, 6) is -0.809. The third kappa shape index (κ3) is 3.03. The molecule has 0 spiro atoms. The number of benzene rings is 1. The van der Waals surface area contributed by atoms with Crippen LogP contribution in [0.2, 0.25) is 0 Å². The first kappa shape index (κ1) is 18.2. The van der Waals surface area contributed by atoms with Gasteiger partial charge in [0.15, 0.2) is 0 Å². The zero-order valence-corrected chi connectivity index (χ0v) is 15.3. The molecule has 0 aliphatic carbocycles. The fourth-order valence-electron chi connectivity index (χ4n) is 3.05. The maximum Gasteiger partial charge on any atom is 0.264 e. The van der Waals surface area contributed by atoms with Crippen molar-refractivity contribution in [3.8, 4) is 22.6 Å². The summed E-state index contributed by atoms with van der Waals surface area (Å²) in [6.07, 6.45) is 1.56. The number of carbonyl (C=O) groups is 1. The van der Waals surface area contributed by atoms with Crippen LogP contribution in [0.25, 0.3) is 16.8 Å². The van der Waals surface area contributed by atoms with Gasteiger partial charge in [-0.25, -0.2) is 0 Å². The van der Waals surface area contributed by atoms with Crippen LogP contribution in [0, 0.1) is 20.8 Å². The first-order chi connectivity index (χ1) is 12.7. The van der Waals surface area contributed by atoms with E-state index in [2.05, 4.69) is 4.98 Å². The summed E-state index contributed by atoms with van der Waals surface area (Å²) in [5.41, 5.74) is 14.4. The van der Waals surface area contributed by atoms with E-state index in [1.807, 2.05) is 6.92 Å². The molecule has 138 valence electrons. The topological polar surface area (TPSA) is 124 Å². The van der Waals surface area contributed by atoms with Crippen LogP contribution in [-0.2, 0) is 0 Å². The van der Waals surface area contributed by atoms with Crippen LogP contribution in [0.3, 0.4) is 0 Å². The van der Waals surface area contributed by atoms with Crippen molar-refractivity contribution in [1.82, 2.24) is 9.55 Å². The minimum Gasteiger partial charge on any atom is -0.508 e. The number of phenols is 1. The molecule has 1 amide bonds. The van der Waals surface area contributed by atoms with E-state index in [1.54, 1.807) is 38.2 Å². The minimum absolute atomic E-state index is 0.0185. The molecule has 3 aromatic rings. The quantitative estimate of drug-likeness (QED) is 0.657. The highest BCUT2D eigenvalue weighted by molar-refractivity contribution is 5.98. The van der Waals surface area contributed by atoms with Gasteiger partial charge in [-0.05, 0) is 44.5 Å². The zero-order chi connectivity index (χ0) is 19.9. The molecule has 0 aliphatic rings. The van der Waals surface area contributed by atoms with Crippen LogP contribution in [0.1, 0.15) is 27.2 Å². The molecular formula is C20H20N4O3. The largest absolute Gasteiger partial charge is 0.508 e. The average molecular weight is 364 g/mol. The SMILES string of the molecule is Cc1ccc(-c2cc(C(N)=O)c(N)n(-c3c(C)ccc(O)c3C)c2=O)cn1. The number of amides is 1. The molecule has 0 saturated carbocycles. The van der Waals surface area contributed by atoms with E-state index >= 15 is 0 Å². The van der Waals surface area contributed by atoms with Gasteiger partial charge in [0.2, 0.25) is 0 Å². The number of rotatable bonds is 3. The van der Waals surface area contributed by atoms with Crippen LogP contribution in [0.15, 0.2) is 41.3 Å². The van der Waals surface area contributed by atoms with Crippen LogP contribution < -0.4 is 17.0 Å². The van der Waals surface area contributed by atoms with Crippen molar-refractivity contribution in [3.63, 3.8) is 0 Å². The van der Waals surface area contributed by atoms with Crippen molar-refractivity contribution in [2.45, 2.75) is 20.8 Å². The lowest BCUT2D eigenvalue weighted by molar-refractivity contribution is 0.100. The van der Waals surface area contributed by atoms with Gasteiger partial charge in [-0.1, -0.05) is 12.1 Å². The highest BCUT2D eigenvalue weighted by atomic mass is 16.3. The van der Waals surface area contributed by atoms with Crippen molar-refractivity contribution in [1.29, 1.82) is 0 Å². The first-order valence-corrected chi connectivity index (χ1v) is 8.30. The number of aromatic nitrogens is 2. The molecule has 7 heteroatoms. The van der Waals surface area contributed by atoms with E-state index in [0.717, 1.165) is 5.69 Å². The number of phenolic OH excluding ortho intramolecular Hbond substituents is 1. The molecule has 1 aromatic carbocycles. The van der Waals surface area contributed by atoms with Crippen LogP contribution in [0.4, 0.5) is 5.82 Å². The number of pyridine rings is 2. The van der Waals surface area contributed by atoms with Crippen LogP contribution >= 0.6 is 0 Å². The molecule has 2 aromatic heterocycles. The highest BCUT2D eigenvalue weighted by Gasteiger charge is 2.21. The number of hydrogen-bond acceptors (Lipinski definition) is 5. The Morgan fingerprint density at radius 2 is 1.85 bits per heavy atom. The summed E-state index contributed by atoms with van der Waals surface area (Å²) in [4.78, 5) is 29.5. The molecule has 27 heavy (non-hydrogen) atoms. The summed E-state index contributed by atoms with van der Waals surface area (Å²) in [6, 6.07) is 8.11. The maximum absolute atomic E-state index is 13.3. The molecule has 3 rings (SSSR count). The maximum atomic E-state index is 13.3. The normalized spacial score (nSPS) is 10.8. The molecule has 0 radical (unpaired) electrons. The van der Waals surface area contributed by atoms with Gasteiger partial charge >= 0.3 is 0 Å². The molecule has 0 atom stereocenters.